The smallest absolute Gasteiger partial charge is 0.0742 e. The zero-order valence-electron chi connectivity index (χ0n) is 12.8. The molecule has 0 amide bonds. The van der Waals surface area contributed by atoms with Crippen LogP contribution in [0, 0.1) is 5.92 Å². The van der Waals surface area contributed by atoms with Gasteiger partial charge in [0, 0.05) is 33.5 Å². The van der Waals surface area contributed by atoms with E-state index in [1.54, 1.807) is 0 Å². The van der Waals surface area contributed by atoms with Crippen LogP contribution in [0.1, 0.15) is 19.5 Å². The van der Waals surface area contributed by atoms with E-state index >= 15 is 0 Å². The summed E-state index contributed by atoms with van der Waals surface area (Å²) in [4.78, 5) is 8.44. The van der Waals surface area contributed by atoms with Gasteiger partial charge >= 0.3 is 0 Å². The zero-order valence-corrected chi connectivity index (χ0v) is 13.6. The quantitative estimate of drug-likeness (QED) is 0.847. The average molecular weight is 306 g/mol. The Labute approximate surface area is 134 Å². The number of rotatable bonds is 2. The standard InChI is InChI=1S/C19H18N2S/c1-13(2)18-11-17-14(10-19-16(20-17)8-9-22-19)12-21(18)15-6-4-3-5-7-15/h3-8,10-13H,9H2,1-2H3. The first kappa shape index (κ1) is 13.6. The number of hydrogen-bond donors (Lipinski definition) is 0. The molecule has 0 bridgehead atoms. The summed E-state index contributed by atoms with van der Waals surface area (Å²) in [6, 6.07) is 12.8. The molecule has 22 heavy (non-hydrogen) atoms. The van der Waals surface area contributed by atoms with Crippen LogP contribution in [0.4, 0.5) is 5.69 Å². The molecule has 2 nitrogen and oxygen atoms in total. The molecule has 2 aliphatic heterocycles. The summed E-state index contributed by atoms with van der Waals surface area (Å²) in [5, 5.41) is 2.35. The molecule has 1 aromatic heterocycles. The van der Waals surface area contributed by atoms with E-state index in [0.29, 0.717) is 5.92 Å². The van der Waals surface area contributed by atoms with Crippen LogP contribution in [0.15, 0.2) is 47.0 Å². The Balaban J connectivity index is 1.92. The second-order valence-electron chi connectivity index (χ2n) is 5.92. The monoisotopic (exact) mass is 306 g/mol. The summed E-state index contributed by atoms with van der Waals surface area (Å²) in [6.07, 6.45) is 6.68. The predicted molar refractivity (Wildman–Crippen MR) is 94.9 cm³/mol. The van der Waals surface area contributed by atoms with Crippen molar-refractivity contribution in [3.05, 3.63) is 58.4 Å². The molecule has 1 aromatic carbocycles. The van der Waals surface area contributed by atoms with Crippen molar-refractivity contribution in [3.8, 4) is 0 Å². The molecule has 2 aliphatic rings. The van der Waals surface area contributed by atoms with Gasteiger partial charge < -0.3 is 4.90 Å². The fourth-order valence-corrected chi connectivity index (χ4v) is 3.82. The van der Waals surface area contributed by atoms with Crippen LogP contribution in [0.5, 0.6) is 0 Å². The second-order valence-corrected chi connectivity index (χ2v) is 6.98. The molecule has 0 aliphatic carbocycles. The number of allylic oxidation sites excluding steroid dienone is 1. The van der Waals surface area contributed by atoms with Crippen LogP contribution in [-0.2, 0) is 0 Å². The first-order valence-corrected chi connectivity index (χ1v) is 8.63. The molecule has 0 saturated heterocycles. The second kappa shape index (κ2) is 5.33. The van der Waals surface area contributed by atoms with Crippen LogP contribution in [0.2, 0.25) is 0 Å². The summed E-state index contributed by atoms with van der Waals surface area (Å²) >= 11 is 1.87. The van der Waals surface area contributed by atoms with Gasteiger partial charge in [-0.25, -0.2) is 4.98 Å². The lowest BCUT2D eigenvalue weighted by molar-refractivity contribution is 0.753. The normalized spacial score (nSPS) is 15.8. The number of aromatic nitrogens is 1. The third kappa shape index (κ3) is 2.26. The minimum Gasteiger partial charge on any atom is -0.320 e. The van der Waals surface area contributed by atoms with E-state index < -0.39 is 0 Å². The van der Waals surface area contributed by atoms with Gasteiger partial charge in [0.05, 0.1) is 11.0 Å². The summed E-state index contributed by atoms with van der Waals surface area (Å²) in [5.41, 5.74) is 3.58. The topological polar surface area (TPSA) is 16.1 Å². The van der Waals surface area contributed by atoms with Gasteiger partial charge in [0.1, 0.15) is 0 Å². The molecule has 3 heterocycles. The number of nitrogens with zero attached hydrogens (tertiary/aromatic N) is 2. The Kier molecular flexibility index (Phi) is 3.30. The largest absolute Gasteiger partial charge is 0.320 e. The van der Waals surface area contributed by atoms with Crippen molar-refractivity contribution in [2.45, 2.75) is 18.7 Å². The summed E-state index contributed by atoms with van der Waals surface area (Å²) in [7, 11) is 0. The van der Waals surface area contributed by atoms with Crippen molar-refractivity contribution in [1.29, 1.82) is 0 Å². The summed E-state index contributed by atoms with van der Waals surface area (Å²) < 4.78 is 0. The predicted octanol–water partition coefficient (Wildman–Crippen LogP) is 3.22. The van der Waals surface area contributed by atoms with Crippen molar-refractivity contribution in [1.82, 2.24) is 4.98 Å². The van der Waals surface area contributed by atoms with Gasteiger partial charge in [0.25, 0.3) is 0 Å². The molecule has 0 radical (unpaired) electrons. The Bertz CT molecular complexity index is 866. The van der Waals surface area contributed by atoms with E-state index in [4.69, 9.17) is 4.98 Å². The first-order chi connectivity index (χ1) is 10.7. The molecule has 0 N–H and O–H groups in total. The highest BCUT2D eigenvalue weighted by Gasteiger charge is 2.19. The van der Waals surface area contributed by atoms with Crippen LogP contribution in [-0.4, -0.2) is 10.7 Å². The highest BCUT2D eigenvalue weighted by atomic mass is 32.2. The van der Waals surface area contributed by atoms with Crippen molar-refractivity contribution in [2.24, 2.45) is 5.92 Å². The molecule has 110 valence electrons. The van der Waals surface area contributed by atoms with Crippen molar-refractivity contribution in [3.63, 3.8) is 0 Å². The average Bonchev–Trinajstić information content (AvgIpc) is 2.99. The number of anilines is 1. The molecular weight excluding hydrogens is 288 g/mol. The van der Waals surface area contributed by atoms with Gasteiger partial charge in [-0.3, -0.25) is 0 Å². The van der Waals surface area contributed by atoms with E-state index in [1.165, 1.54) is 21.5 Å². The van der Waals surface area contributed by atoms with Gasteiger partial charge in [0.15, 0.2) is 0 Å². The SMILES string of the molecule is CC(C)C1=Cc2nc3c(cc2=CN1c1ccccc1)SCC=3. The first-order valence-electron chi connectivity index (χ1n) is 7.64. The maximum atomic E-state index is 4.84. The molecule has 4 rings (SSSR count). The van der Waals surface area contributed by atoms with E-state index in [0.717, 1.165) is 16.8 Å². The van der Waals surface area contributed by atoms with Crippen LogP contribution in [0.25, 0.3) is 18.4 Å². The Morgan fingerprint density at radius 2 is 2.00 bits per heavy atom. The van der Waals surface area contributed by atoms with Crippen LogP contribution >= 0.6 is 11.8 Å². The number of fused-ring (bicyclic) bond motifs is 2. The van der Waals surface area contributed by atoms with Crippen molar-refractivity contribution < 1.29 is 0 Å². The fraction of sp³-hybridized carbons (Fsp3) is 0.211. The molecular formula is C19H18N2S. The van der Waals surface area contributed by atoms with Crippen molar-refractivity contribution in [2.75, 3.05) is 10.7 Å². The molecule has 0 unspecified atom stereocenters. The third-order valence-corrected chi connectivity index (χ3v) is 5.02. The van der Waals surface area contributed by atoms with Crippen molar-refractivity contribution >= 4 is 35.8 Å². The number of thioether (sulfide) groups is 1. The highest BCUT2D eigenvalue weighted by Crippen LogP contribution is 2.28. The molecule has 0 fully saturated rings. The maximum Gasteiger partial charge on any atom is 0.0742 e. The molecule has 0 spiro atoms. The summed E-state index contributed by atoms with van der Waals surface area (Å²) in [5.74, 6) is 1.48. The summed E-state index contributed by atoms with van der Waals surface area (Å²) in [6.45, 7) is 4.46. The van der Waals surface area contributed by atoms with E-state index in [2.05, 4.69) is 73.5 Å². The highest BCUT2D eigenvalue weighted by molar-refractivity contribution is 7.99. The maximum absolute atomic E-state index is 4.84. The van der Waals surface area contributed by atoms with E-state index in [9.17, 15) is 0 Å². The van der Waals surface area contributed by atoms with Crippen LogP contribution in [0.3, 0.4) is 0 Å². The van der Waals surface area contributed by atoms with Crippen LogP contribution < -0.4 is 15.5 Å². The lowest BCUT2D eigenvalue weighted by atomic mass is 10.0. The number of hydrogen-bond acceptors (Lipinski definition) is 3. The molecule has 3 heteroatoms. The number of benzene rings is 1. The van der Waals surface area contributed by atoms with Gasteiger partial charge in [-0.15, -0.1) is 11.8 Å². The van der Waals surface area contributed by atoms with Gasteiger partial charge in [-0.2, -0.15) is 0 Å². The van der Waals surface area contributed by atoms with E-state index in [-0.39, 0.29) is 0 Å². The number of para-hydroxylation sites is 1. The minimum atomic E-state index is 0.443. The number of pyridine rings is 1. The zero-order chi connectivity index (χ0) is 15.1. The van der Waals surface area contributed by atoms with Gasteiger partial charge in [0.2, 0.25) is 0 Å². The Morgan fingerprint density at radius 3 is 2.77 bits per heavy atom. The molecule has 0 saturated carbocycles. The lowest BCUT2D eigenvalue weighted by Crippen LogP contribution is -2.30. The Hall–Kier alpha value is -2.00. The molecule has 0 atom stereocenters. The van der Waals surface area contributed by atoms with Gasteiger partial charge in [-0.05, 0) is 36.3 Å². The molecule has 2 aromatic rings. The third-order valence-electron chi connectivity index (χ3n) is 4.05. The van der Waals surface area contributed by atoms with Gasteiger partial charge in [-0.1, -0.05) is 32.0 Å². The lowest BCUT2D eigenvalue weighted by Gasteiger charge is -2.29. The van der Waals surface area contributed by atoms with E-state index in [1.807, 2.05) is 11.8 Å². The fourth-order valence-electron chi connectivity index (χ4n) is 2.91. The Morgan fingerprint density at radius 1 is 1.18 bits per heavy atom. The minimum absolute atomic E-state index is 0.443.